The highest BCUT2D eigenvalue weighted by Crippen LogP contribution is 2.32. The van der Waals surface area contributed by atoms with E-state index in [1.54, 1.807) is 11.8 Å². The van der Waals surface area contributed by atoms with Gasteiger partial charge in [0.1, 0.15) is 5.82 Å². The number of fused-ring (bicyclic) bond motifs is 2. The third-order valence-corrected chi connectivity index (χ3v) is 4.77. The van der Waals surface area contributed by atoms with Crippen molar-refractivity contribution >= 4 is 17.6 Å². The first-order valence-electron chi connectivity index (χ1n) is 7.31. The van der Waals surface area contributed by atoms with Crippen molar-refractivity contribution in [1.29, 1.82) is 0 Å². The average Bonchev–Trinajstić information content (AvgIpc) is 2.97. The molecule has 4 rings (SSSR count). The van der Waals surface area contributed by atoms with E-state index in [1.807, 2.05) is 6.26 Å². The molecule has 0 atom stereocenters. The van der Waals surface area contributed by atoms with Crippen LogP contribution < -0.4 is 10.2 Å². The van der Waals surface area contributed by atoms with Gasteiger partial charge in [0.2, 0.25) is 0 Å². The number of hydrogen-bond acceptors (Lipinski definition) is 5. The Morgan fingerprint density at radius 2 is 1.90 bits per heavy atom. The largest absolute Gasteiger partial charge is 0.348 e. The molecule has 0 aliphatic carbocycles. The van der Waals surface area contributed by atoms with Crippen LogP contribution in [0.3, 0.4) is 0 Å². The predicted octanol–water partition coefficient (Wildman–Crippen LogP) is 2.36. The van der Waals surface area contributed by atoms with Gasteiger partial charge in [-0.25, -0.2) is 9.97 Å². The second-order valence-electron chi connectivity index (χ2n) is 5.51. The van der Waals surface area contributed by atoms with Crippen molar-refractivity contribution in [2.45, 2.75) is 31.2 Å². The Kier molecular flexibility index (Phi) is 3.31. The number of rotatable bonds is 2. The Morgan fingerprint density at radius 1 is 1.14 bits per heavy atom. The molecular weight excluding hydrogens is 280 g/mol. The average molecular weight is 298 g/mol. The number of anilines is 1. The number of hydrogen-bond donors (Lipinski definition) is 1. The van der Waals surface area contributed by atoms with Gasteiger partial charge in [0, 0.05) is 25.2 Å². The van der Waals surface area contributed by atoms with Crippen LogP contribution in [0, 0.1) is 0 Å². The molecule has 2 aliphatic heterocycles. The molecule has 4 nitrogen and oxygen atoms in total. The van der Waals surface area contributed by atoms with Gasteiger partial charge in [-0.2, -0.15) is 0 Å². The number of nitrogens with zero attached hydrogens (tertiary/aromatic N) is 3. The van der Waals surface area contributed by atoms with Crippen molar-refractivity contribution in [1.82, 2.24) is 15.3 Å². The molecule has 0 radical (unpaired) electrons. The molecule has 0 saturated carbocycles. The van der Waals surface area contributed by atoms with E-state index >= 15 is 0 Å². The quantitative estimate of drug-likeness (QED) is 0.681. The molecule has 0 unspecified atom stereocenters. The first-order chi connectivity index (χ1) is 10.3. The summed E-state index contributed by atoms with van der Waals surface area (Å²) in [5.74, 6) is 1.14. The van der Waals surface area contributed by atoms with Gasteiger partial charge < -0.3 is 10.2 Å². The molecular formula is C16H18N4S. The van der Waals surface area contributed by atoms with Crippen molar-refractivity contribution in [3.63, 3.8) is 0 Å². The molecule has 0 bridgehead atoms. The topological polar surface area (TPSA) is 41.1 Å². The zero-order valence-corrected chi connectivity index (χ0v) is 12.9. The minimum atomic E-state index is 0.860. The van der Waals surface area contributed by atoms with Crippen molar-refractivity contribution in [2.24, 2.45) is 0 Å². The van der Waals surface area contributed by atoms with E-state index in [9.17, 15) is 0 Å². The van der Waals surface area contributed by atoms with Gasteiger partial charge in [0.05, 0.1) is 5.69 Å². The van der Waals surface area contributed by atoms with Crippen LogP contribution in [0.25, 0.3) is 0 Å². The van der Waals surface area contributed by atoms with Crippen molar-refractivity contribution in [2.75, 3.05) is 17.7 Å². The van der Waals surface area contributed by atoms with Crippen LogP contribution in [0.5, 0.6) is 0 Å². The summed E-state index contributed by atoms with van der Waals surface area (Å²) >= 11 is 1.62. The minimum Gasteiger partial charge on any atom is -0.348 e. The molecule has 2 aliphatic rings. The van der Waals surface area contributed by atoms with Crippen LogP contribution in [0.2, 0.25) is 0 Å². The first kappa shape index (κ1) is 13.1. The van der Waals surface area contributed by atoms with Crippen LogP contribution in [-0.4, -0.2) is 22.8 Å². The molecule has 21 heavy (non-hydrogen) atoms. The highest BCUT2D eigenvalue weighted by Gasteiger charge is 2.25. The second-order valence-corrected chi connectivity index (χ2v) is 6.28. The summed E-state index contributed by atoms with van der Waals surface area (Å²) in [6, 6.07) is 8.68. The Labute approximate surface area is 129 Å². The van der Waals surface area contributed by atoms with Gasteiger partial charge in [-0.1, -0.05) is 36.0 Å². The lowest BCUT2D eigenvalue weighted by molar-refractivity contribution is 0.608. The van der Waals surface area contributed by atoms with Gasteiger partial charge in [-0.05, 0) is 30.3 Å². The lowest BCUT2D eigenvalue weighted by Gasteiger charge is -2.25. The number of aromatic nitrogens is 2. The van der Waals surface area contributed by atoms with Crippen molar-refractivity contribution in [3.8, 4) is 0 Å². The summed E-state index contributed by atoms with van der Waals surface area (Å²) in [5.41, 5.74) is 5.35. The summed E-state index contributed by atoms with van der Waals surface area (Å²) in [6.07, 6.45) is 3.06. The van der Waals surface area contributed by atoms with Gasteiger partial charge in [-0.15, -0.1) is 0 Å². The smallest absolute Gasteiger partial charge is 0.189 e. The van der Waals surface area contributed by atoms with E-state index in [4.69, 9.17) is 4.98 Å². The molecule has 1 aromatic heterocycles. The Bertz CT molecular complexity index is 661. The van der Waals surface area contributed by atoms with Crippen molar-refractivity contribution in [3.05, 3.63) is 46.6 Å². The monoisotopic (exact) mass is 298 g/mol. The van der Waals surface area contributed by atoms with E-state index < -0.39 is 0 Å². The molecule has 0 spiro atoms. The van der Waals surface area contributed by atoms with Gasteiger partial charge in [0.25, 0.3) is 0 Å². The van der Waals surface area contributed by atoms with E-state index in [1.165, 1.54) is 22.4 Å². The SMILES string of the molecule is CSc1nc2c(c(N3Cc4ccccc4C3)n1)CCNC2. The van der Waals surface area contributed by atoms with Gasteiger partial charge >= 0.3 is 0 Å². The molecule has 0 saturated heterocycles. The van der Waals surface area contributed by atoms with Gasteiger partial charge in [-0.3, -0.25) is 0 Å². The lowest BCUT2D eigenvalue weighted by atomic mass is 10.1. The highest BCUT2D eigenvalue weighted by atomic mass is 32.2. The van der Waals surface area contributed by atoms with Crippen LogP contribution >= 0.6 is 11.8 Å². The summed E-state index contributed by atoms with van der Waals surface area (Å²) in [4.78, 5) is 11.9. The van der Waals surface area contributed by atoms with Crippen LogP contribution in [0.15, 0.2) is 29.4 Å². The molecule has 0 amide bonds. The summed E-state index contributed by atoms with van der Waals surface area (Å²) in [7, 11) is 0. The third-order valence-electron chi connectivity index (χ3n) is 4.22. The Morgan fingerprint density at radius 3 is 2.62 bits per heavy atom. The predicted molar refractivity (Wildman–Crippen MR) is 85.6 cm³/mol. The molecule has 3 heterocycles. The fourth-order valence-corrected chi connectivity index (χ4v) is 3.53. The summed E-state index contributed by atoms with van der Waals surface area (Å²) in [6.45, 7) is 3.80. The maximum absolute atomic E-state index is 4.82. The molecule has 1 N–H and O–H groups in total. The van der Waals surface area contributed by atoms with Crippen LogP contribution in [0.1, 0.15) is 22.4 Å². The zero-order valence-electron chi connectivity index (χ0n) is 12.1. The van der Waals surface area contributed by atoms with Crippen LogP contribution in [0.4, 0.5) is 5.82 Å². The Hall–Kier alpha value is -1.59. The van der Waals surface area contributed by atoms with Crippen molar-refractivity contribution < 1.29 is 0 Å². The van der Waals surface area contributed by atoms with E-state index in [2.05, 4.69) is 39.5 Å². The third kappa shape index (κ3) is 2.30. The number of thioether (sulfide) groups is 1. The molecule has 1 aromatic carbocycles. The normalized spacial score (nSPS) is 16.7. The van der Waals surface area contributed by atoms with Gasteiger partial charge in [0.15, 0.2) is 5.16 Å². The molecule has 0 fully saturated rings. The highest BCUT2D eigenvalue weighted by molar-refractivity contribution is 7.98. The zero-order chi connectivity index (χ0) is 14.2. The number of nitrogens with one attached hydrogen (secondary N) is 1. The molecule has 108 valence electrons. The Balaban J connectivity index is 1.75. The van der Waals surface area contributed by atoms with Crippen LogP contribution in [-0.2, 0) is 26.1 Å². The van der Waals surface area contributed by atoms with E-state index in [0.717, 1.165) is 43.6 Å². The standard InChI is InChI=1S/C16H18N4S/c1-21-16-18-14-8-17-7-6-13(14)15(19-16)20-9-11-4-2-3-5-12(11)10-20/h2-5,17H,6-10H2,1H3. The molecule has 5 heteroatoms. The van der Waals surface area contributed by atoms with E-state index in [0.29, 0.717) is 0 Å². The maximum Gasteiger partial charge on any atom is 0.189 e. The number of benzene rings is 1. The fraction of sp³-hybridized carbons (Fsp3) is 0.375. The first-order valence-corrected chi connectivity index (χ1v) is 8.54. The summed E-state index contributed by atoms with van der Waals surface area (Å²) < 4.78 is 0. The molecule has 2 aromatic rings. The lowest BCUT2D eigenvalue weighted by Crippen LogP contribution is -2.29. The van der Waals surface area contributed by atoms with E-state index in [-0.39, 0.29) is 0 Å². The minimum absolute atomic E-state index is 0.860. The fourth-order valence-electron chi connectivity index (χ4n) is 3.15. The maximum atomic E-state index is 4.82. The summed E-state index contributed by atoms with van der Waals surface area (Å²) in [5, 5.41) is 4.29. The second kappa shape index (κ2) is 5.31.